The number of hydrogen-bond donors (Lipinski definition) is 2. The van der Waals surface area contributed by atoms with E-state index in [1.165, 1.54) is 12.1 Å². The normalized spacial score (nSPS) is 20.6. The molecule has 2 unspecified atom stereocenters. The molecule has 1 fully saturated rings. The average Bonchev–Trinajstić information content (AvgIpc) is 2.67. The Balaban J connectivity index is 2.33. The van der Waals surface area contributed by atoms with E-state index in [2.05, 4.69) is 0 Å². The minimum Gasteiger partial charge on any atom is -0.481 e. The molecule has 1 aliphatic heterocycles. The molecule has 1 aliphatic rings. The fourth-order valence-electron chi connectivity index (χ4n) is 3.27. The second kappa shape index (κ2) is 7.23. The fraction of sp³-hybridized carbons (Fsp3) is 0.529. The van der Waals surface area contributed by atoms with Crippen LogP contribution in [-0.2, 0) is 11.0 Å². The Morgan fingerprint density at radius 2 is 1.96 bits per heavy atom. The van der Waals surface area contributed by atoms with Gasteiger partial charge in [-0.05, 0) is 30.5 Å². The summed E-state index contributed by atoms with van der Waals surface area (Å²) in [6.07, 6.45) is -1.49. The maximum Gasteiger partial charge on any atom is 0.416 e. The number of carbonyl (C=O) groups is 1. The van der Waals surface area contributed by atoms with Crippen LogP contribution < -0.4 is 0 Å². The SMILES string of the molecule is CN1C(=N)CCCCC1C(CC(=O)O)c1ccc(C(F)(F)F)cc1. The van der Waals surface area contributed by atoms with Crippen LogP contribution in [0.5, 0.6) is 0 Å². The summed E-state index contributed by atoms with van der Waals surface area (Å²) < 4.78 is 38.2. The Kier molecular flexibility index (Phi) is 5.51. The van der Waals surface area contributed by atoms with Gasteiger partial charge in [0, 0.05) is 25.4 Å². The molecule has 0 saturated carbocycles. The highest BCUT2D eigenvalue weighted by Gasteiger charge is 2.33. The molecule has 0 amide bonds. The van der Waals surface area contributed by atoms with E-state index in [9.17, 15) is 23.1 Å². The zero-order valence-electron chi connectivity index (χ0n) is 13.4. The van der Waals surface area contributed by atoms with E-state index in [1.54, 1.807) is 11.9 Å². The van der Waals surface area contributed by atoms with Crippen LogP contribution in [0.15, 0.2) is 24.3 Å². The first-order chi connectivity index (χ1) is 11.2. The van der Waals surface area contributed by atoms with Crippen molar-refractivity contribution in [2.24, 2.45) is 0 Å². The van der Waals surface area contributed by atoms with Crippen molar-refractivity contribution in [3.63, 3.8) is 0 Å². The van der Waals surface area contributed by atoms with Gasteiger partial charge >= 0.3 is 12.1 Å². The molecule has 0 radical (unpaired) electrons. The molecule has 2 N–H and O–H groups in total. The van der Waals surface area contributed by atoms with Crippen molar-refractivity contribution in [1.29, 1.82) is 5.41 Å². The van der Waals surface area contributed by atoms with Gasteiger partial charge in [0.1, 0.15) is 0 Å². The minimum atomic E-state index is -4.41. The van der Waals surface area contributed by atoms with Crippen molar-refractivity contribution in [2.75, 3.05) is 7.05 Å². The summed E-state index contributed by atoms with van der Waals surface area (Å²) in [6, 6.07) is 4.50. The summed E-state index contributed by atoms with van der Waals surface area (Å²) in [5.41, 5.74) is -0.181. The van der Waals surface area contributed by atoms with Gasteiger partial charge in [-0.15, -0.1) is 0 Å². The first-order valence-corrected chi connectivity index (χ1v) is 7.89. The van der Waals surface area contributed by atoms with Crippen molar-refractivity contribution in [3.05, 3.63) is 35.4 Å². The third-order valence-corrected chi connectivity index (χ3v) is 4.61. The lowest BCUT2D eigenvalue weighted by atomic mass is 9.85. The van der Waals surface area contributed by atoms with E-state index in [1.807, 2.05) is 0 Å². The first-order valence-electron chi connectivity index (χ1n) is 7.89. The summed E-state index contributed by atoms with van der Waals surface area (Å²) >= 11 is 0. The highest BCUT2D eigenvalue weighted by Crippen LogP contribution is 2.35. The summed E-state index contributed by atoms with van der Waals surface area (Å²) in [6.45, 7) is 0. The molecule has 132 valence electrons. The Bertz CT molecular complexity index is 599. The summed E-state index contributed by atoms with van der Waals surface area (Å²) in [5, 5.41) is 17.3. The molecular weight excluding hydrogens is 321 g/mol. The van der Waals surface area contributed by atoms with E-state index in [0.717, 1.165) is 31.4 Å². The van der Waals surface area contributed by atoms with Crippen LogP contribution in [-0.4, -0.2) is 34.9 Å². The Morgan fingerprint density at radius 1 is 1.33 bits per heavy atom. The molecule has 1 saturated heterocycles. The summed E-state index contributed by atoms with van der Waals surface area (Å²) in [4.78, 5) is 13.0. The smallest absolute Gasteiger partial charge is 0.416 e. The molecule has 0 bridgehead atoms. The monoisotopic (exact) mass is 342 g/mol. The lowest BCUT2D eigenvalue weighted by Crippen LogP contribution is -2.40. The second-order valence-corrected chi connectivity index (χ2v) is 6.19. The number of likely N-dealkylation sites (N-methyl/N-ethyl adjacent to an activating group) is 1. The van der Waals surface area contributed by atoms with E-state index in [-0.39, 0.29) is 12.5 Å². The van der Waals surface area contributed by atoms with Crippen LogP contribution in [0.25, 0.3) is 0 Å². The van der Waals surface area contributed by atoms with Crippen molar-refractivity contribution < 1.29 is 23.1 Å². The highest BCUT2D eigenvalue weighted by atomic mass is 19.4. The zero-order valence-corrected chi connectivity index (χ0v) is 13.4. The maximum absolute atomic E-state index is 12.7. The Hall–Kier alpha value is -2.05. The predicted octanol–water partition coefficient (Wildman–Crippen LogP) is 4.12. The van der Waals surface area contributed by atoms with Crippen LogP contribution in [0.2, 0.25) is 0 Å². The van der Waals surface area contributed by atoms with Crippen LogP contribution in [0.3, 0.4) is 0 Å². The number of amidine groups is 1. The van der Waals surface area contributed by atoms with E-state index in [0.29, 0.717) is 17.8 Å². The summed E-state index contributed by atoms with van der Waals surface area (Å²) in [5.74, 6) is -1.00. The number of rotatable bonds is 4. The number of halogens is 3. The van der Waals surface area contributed by atoms with Gasteiger partial charge in [0.2, 0.25) is 0 Å². The Labute approximate surface area is 138 Å². The average molecular weight is 342 g/mol. The Morgan fingerprint density at radius 3 is 2.50 bits per heavy atom. The van der Waals surface area contributed by atoms with Crippen LogP contribution >= 0.6 is 0 Å². The predicted molar refractivity (Wildman–Crippen MR) is 84.2 cm³/mol. The number of benzene rings is 1. The molecule has 7 heteroatoms. The molecular formula is C17H21F3N2O2. The van der Waals surface area contributed by atoms with Gasteiger partial charge in [0.25, 0.3) is 0 Å². The van der Waals surface area contributed by atoms with Crippen molar-refractivity contribution >= 4 is 11.8 Å². The molecule has 0 aromatic heterocycles. The number of alkyl halides is 3. The molecule has 1 heterocycles. The lowest BCUT2D eigenvalue weighted by molar-refractivity contribution is -0.138. The van der Waals surface area contributed by atoms with E-state index < -0.39 is 23.6 Å². The van der Waals surface area contributed by atoms with Crippen LogP contribution in [0.1, 0.15) is 49.1 Å². The molecule has 0 spiro atoms. The van der Waals surface area contributed by atoms with Crippen LogP contribution in [0.4, 0.5) is 13.2 Å². The van der Waals surface area contributed by atoms with Crippen molar-refractivity contribution in [2.45, 2.75) is 50.2 Å². The van der Waals surface area contributed by atoms with E-state index in [4.69, 9.17) is 5.41 Å². The van der Waals surface area contributed by atoms with Crippen molar-refractivity contribution in [3.8, 4) is 0 Å². The quantitative estimate of drug-likeness (QED) is 0.865. The number of aliphatic carboxylic acids is 1. The van der Waals surface area contributed by atoms with Gasteiger partial charge in [0.15, 0.2) is 0 Å². The topological polar surface area (TPSA) is 64.4 Å². The molecule has 24 heavy (non-hydrogen) atoms. The highest BCUT2D eigenvalue weighted by molar-refractivity contribution is 5.79. The lowest BCUT2D eigenvalue weighted by Gasteiger charge is -2.34. The number of hydrogen-bond acceptors (Lipinski definition) is 2. The zero-order chi connectivity index (χ0) is 17.9. The van der Waals surface area contributed by atoms with Gasteiger partial charge in [-0.2, -0.15) is 13.2 Å². The largest absolute Gasteiger partial charge is 0.481 e. The maximum atomic E-state index is 12.7. The third kappa shape index (κ3) is 4.27. The number of carboxylic acids is 1. The molecule has 0 aliphatic carbocycles. The third-order valence-electron chi connectivity index (χ3n) is 4.61. The van der Waals surface area contributed by atoms with Gasteiger partial charge in [-0.1, -0.05) is 18.6 Å². The van der Waals surface area contributed by atoms with Gasteiger partial charge in [0.05, 0.1) is 17.8 Å². The van der Waals surface area contributed by atoms with Crippen molar-refractivity contribution in [1.82, 2.24) is 4.90 Å². The van der Waals surface area contributed by atoms with Gasteiger partial charge < -0.3 is 10.0 Å². The van der Waals surface area contributed by atoms with Gasteiger partial charge in [-0.3, -0.25) is 10.2 Å². The number of likely N-dealkylation sites (tertiary alicyclic amines) is 1. The summed E-state index contributed by atoms with van der Waals surface area (Å²) in [7, 11) is 1.76. The fourth-order valence-corrected chi connectivity index (χ4v) is 3.27. The van der Waals surface area contributed by atoms with Gasteiger partial charge in [-0.25, -0.2) is 0 Å². The number of carboxylic acid groups (broad SMARTS) is 1. The van der Waals surface area contributed by atoms with E-state index >= 15 is 0 Å². The second-order valence-electron chi connectivity index (χ2n) is 6.19. The first kappa shape index (κ1) is 18.3. The molecule has 1 aromatic carbocycles. The molecule has 4 nitrogen and oxygen atoms in total. The van der Waals surface area contributed by atoms with Crippen LogP contribution in [0, 0.1) is 5.41 Å². The number of nitrogens with one attached hydrogen (secondary N) is 1. The molecule has 1 aromatic rings. The standard InChI is InChI=1S/C17H21F3N2O2/c1-22-14(4-2-3-5-15(22)21)13(10-16(23)24)11-6-8-12(9-7-11)17(18,19)20/h6-9,13-14,21H,2-5,10H2,1H3,(H,23,24). The minimum absolute atomic E-state index is 0.173. The molecule has 2 rings (SSSR count). The number of nitrogens with zero attached hydrogens (tertiary/aromatic N) is 1. The molecule has 2 atom stereocenters.